The molecule has 0 radical (unpaired) electrons. The molecule has 2 fully saturated rings. The molecule has 2 aliphatic rings. The number of nitrogens with one attached hydrogen (secondary N) is 1. The lowest BCUT2D eigenvalue weighted by atomic mass is 9.69. The van der Waals surface area contributed by atoms with Crippen LogP contribution in [0.1, 0.15) is 32.1 Å². The fraction of sp³-hybridized carbons (Fsp3) is 0.900. The molecule has 0 unspecified atom stereocenters. The summed E-state index contributed by atoms with van der Waals surface area (Å²) in [6, 6.07) is 0. The summed E-state index contributed by atoms with van der Waals surface area (Å²) >= 11 is 0. The molecule has 1 saturated carbocycles. The lowest BCUT2D eigenvalue weighted by Gasteiger charge is -2.35. The SMILES string of the molecule is O=C(O)[C@@H]1CCC[C@]2(CCNC2)C1. The largest absolute Gasteiger partial charge is 0.481 e. The van der Waals surface area contributed by atoms with Gasteiger partial charge in [0.2, 0.25) is 0 Å². The van der Waals surface area contributed by atoms with Crippen molar-refractivity contribution in [3.63, 3.8) is 0 Å². The van der Waals surface area contributed by atoms with Crippen LogP contribution >= 0.6 is 0 Å². The summed E-state index contributed by atoms with van der Waals surface area (Å²) in [6.45, 7) is 2.11. The van der Waals surface area contributed by atoms with E-state index in [0.717, 1.165) is 32.4 Å². The fourth-order valence-electron chi connectivity index (χ4n) is 2.84. The van der Waals surface area contributed by atoms with E-state index in [1.165, 1.54) is 12.8 Å². The van der Waals surface area contributed by atoms with E-state index in [0.29, 0.717) is 5.41 Å². The molecule has 2 atom stereocenters. The molecule has 0 aromatic heterocycles. The van der Waals surface area contributed by atoms with Crippen molar-refractivity contribution in [1.29, 1.82) is 0 Å². The predicted octanol–water partition coefficient (Wildman–Crippen LogP) is 1.24. The molecule has 1 aliphatic carbocycles. The van der Waals surface area contributed by atoms with Gasteiger partial charge in [-0.3, -0.25) is 4.79 Å². The minimum atomic E-state index is -0.592. The Balaban J connectivity index is 2.02. The van der Waals surface area contributed by atoms with Crippen LogP contribution in [0.5, 0.6) is 0 Å². The molecule has 0 aromatic carbocycles. The van der Waals surface area contributed by atoms with Crippen LogP contribution in [0.2, 0.25) is 0 Å². The van der Waals surface area contributed by atoms with Crippen LogP contribution in [0, 0.1) is 11.3 Å². The Bertz CT molecular complexity index is 209. The Hall–Kier alpha value is -0.570. The smallest absolute Gasteiger partial charge is 0.306 e. The highest BCUT2D eigenvalue weighted by atomic mass is 16.4. The summed E-state index contributed by atoms with van der Waals surface area (Å²) in [5.41, 5.74) is 0.335. The van der Waals surface area contributed by atoms with E-state index in [4.69, 9.17) is 5.11 Å². The molecule has 0 aromatic rings. The molecule has 1 spiro atoms. The minimum absolute atomic E-state index is 0.0753. The Morgan fingerprint density at radius 2 is 2.31 bits per heavy atom. The maximum atomic E-state index is 10.9. The third-order valence-corrected chi connectivity index (χ3v) is 3.62. The molecular weight excluding hydrogens is 166 g/mol. The second kappa shape index (κ2) is 3.29. The normalized spacial score (nSPS) is 39.5. The lowest BCUT2D eigenvalue weighted by Crippen LogP contribution is -2.33. The van der Waals surface area contributed by atoms with E-state index in [1.807, 2.05) is 0 Å². The number of aliphatic carboxylic acids is 1. The molecule has 3 nitrogen and oxygen atoms in total. The highest BCUT2D eigenvalue weighted by Crippen LogP contribution is 2.43. The Morgan fingerprint density at radius 3 is 2.92 bits per heavy atom. The lowest BCUT2D eigenvalue weighted by molar-refractivity contribution is -0.144. The maximum absolute atomic E-state index is 10.9. The monoisotopic (exact) mass is 183 g/mol. The number of hydrogen-bond donors (Lipinski definition) is 2. The van der Waals surface area contributed by atoms with Gasteiger partial charge in [-0.15, -0.1) is 0 Å². The zero-order valence-electron chi connectivity index (χ0n) is 7.88. The molecule has 1 saturated heterocycles. The van der Waals surface area contributed by atoms with Gasteiger partial charge in [0.05, 0.1) is 5.92 Å². The summed E-state index contributed by atoms with van der Waals surface area (Å²) < 4.78 is 0. The van der Waals surface area contributed by atoms with Crippen molar-refractivity contribution < 1.29 is 9.90 Å². The van der Waals surface area contributed by atoms with Gasteiger partial charge in [0.25, 0.3) is 0 Å². The van der Waals surface area contributed by atoms with Crippen LogP contribution in [0.15, 0.2) is 0 Å². The molecule has 0 amide bonds. The Morgan fingerprint density at radius 1 is 1.46 bits per heavy atom. The van der Waals surface area contributed by atoms with Gasteiger partial charge >= 0.3 is 5.97 Å². The first-order valence-electron chi connectivity index (χ1n) is 5.15. The average molecular weight is 183 g/mol. The van der Waals surface area contributed by atoms with Crippen molar-refractivity contribution in [2.24, 2.45) is 11.3 Å². The molecule has 74 valence electrons. The summed E-state index contributed by atoms with van der Waals surface area (Å²) in [5.74, 6) is -0.667. The van der Waals surface area contributed by atoms with Crippen LogP contribution in [-0.4, -0.2) is 24.2 Å². The van der Waals surface area contributed by atoms with E-state index in [9.17, 15) is 4.79 Å². The van der Waals surface area contributed by atoms with Crippen LogP contribution in [-0.2, 0) is 4.79 Å². The second-order valence-corrected chi connectivity index (χ2v) is 4.56. The Labute approximate surface area is 78.5 Å². The summed E-state index contributed by atoms with van der Waals surface area (Å²) in [7, 11) is 0. The molecule has 1 heterocycles. The molecule has 0 bridgehead atoms. The van der Waals surface area contributed by atoms with Gasteiger partial charge in [0, 0.05) is 6.54 Å². The quantitative estimate of drug-likeness (QED) is 0.643. The van der Waals surface area contributed by atoms with Gasteiger partial charge in [-0.1, -0.05) is 6.42 Å². The number of hydrogen-bond acceptors (Lipinski definition) is 2. The van der Waals surface area contributed by atoms with Crippen molar-refractivity contribution in [1.82, 2.24) is 5.32 Å². The summed E-state index contributed by atoms with van der Waals surface area (Å²) in [5, 5.41) is 12.3. The second-order valence-electron chi connectivity index (χ2n) is 4.56. The fourth-order valence-corrected chi connectivity index (χ4v) is 2.84. The molecule has 13 heavy (non-hydrogen) atoms. The number of carbonyl (C=O) groups is 1. The highest BCUT2D eigenvalue weighted by molar-refractivity contribution is 5.70. The third kappa shape index (κ3) is 1.70. The van der Waals surface area contributed by atoms with Gasteiger partial charge in [0.1, 0.15) is 0 Å². The van der Waals surface area contributed by atoms with Gasteiger partial charge in [-0.25, -0.2) is 0 Å². The van der Waals surface area contributed by atoms with Crippen molar-refractivity contribution in [2.75, 3.05) is 13.1 Å². The highest BCUT2D eigenvalue weighted by Gasteiger charge is 2.40. The zero-order valence-corrected chi connectivity index (χ0v) is 7.88. The van der Waals surface area contributed by atoms with Crippen LogP contribution in [0.25, 0.3) is 0 Å². The minimum Gasteiger partial charge on any atom is -0.481 e. The van der Waals surface area contributed by atoms with Gasteiger partial charge in [-0.05, 0) is 37.6 Å². The number of rotatable bonds is 1. The average Bonchev–Trinajstić information content (AvgIpc) is 2.53. The predicted molar refractivity (Wildman–Crippen MR) is 49.5 cm³/mol. The van der Waals surface area contributed by atoms with E-state index >= 15 is 0 Å². The number of carboxylic acids is 1. The zero-order chi connectivity index (χ0) is 9.31. The van der Waals surface area contributed by atoms with Crippen molar-refractivity contribution in [2.45, 2.75) is 32.1 Å². The standard InChI is InChI=1S/C10H17NO2/c12-9(13)8-2-1-3-10(6-8)4-5-11-7-10/h8,11H,1-7H2,(H,12,13)/t8-,10+/m1/s1. The molecule has 2 N–H and O–H groups in total. The Kier molecular flexibility index (Phi) is 2.28. The molecule has 1 aliphatic heterocycles. The van der Waals surface area contributed by atoms with Gasteiger partial charge in [-0.2, -0.15) is 0 Å². The number of carboxylic acid groups (broad SMARTS) is 1. The van der Waals surface area contributed by atoms with E-state index in [2.05, 4.69) is 5.32 Å². The molecule has 3 heteroatoms. The first kappa shape index (κ1) is 9.00. The van der Waals surface area contributed by atoms with Crippen molar-refractivity contribution in [3.8, 4) is 0 Å². The van der Waals surface area contributed by atoms with Crippen LogP contribution in [0.3, 0.4) is 0 Å². The molecular formula is C10H17NO2. The third-order valence-electron chi connectivity index (χ3n) is 3.62. The van der Waals surface area contributed by atoms with E-state index in [1.54, 1.807) is 0 Å². The summed E-state index contributed by atoms with van der Waals surface area (Å²) in [6.07, 6.45) is 5.28. The summed E-state index contributed by atoms with van der Waals surface area (Å²) in [4.78, 5) is 10.9. The molecule has 2 rings (SSSR count). The maximum Gasteiger partial charge on any atom is 0.306 e. The first-order valence-corrected chi connectivity index (χ1v) is 5.15. The van der Waals surface area contributed by atoms with Crippen LogP contribution < -0.4 is 5.32 Å². The van der Waals surface area contributed by atoms with Crippen LogP contribution in [0.4, 0.5) is 0 Å². The van der Waals surface area contributed by atoms with Crippen molar-refractivity contribution in [3.05, 3.63) is 0 Å². The van der Waals surface area contributed by atoms with Gasteiger partial charge < -0.3 is 10.4 Å². The first-order chi connectivity index (χ1) is 6.22. The topological polar surface area (TPSA) is 49.3 Å². The van der Waals surface area contributed by atoms with Gasteiger partial charge in [0.15, 0.2) is 0 Å². The van der Waals surface area contributed by atoms with E-state index in [-0.39, 0.29) is 5.92 Å². The van der Waals surface area contributed by atoms with Crippen molar-refractivity contribution >= 4 is 5.97 Å². The van der Waals surface area contributed by atoms with E-state index < -0.39 is 5.97 Å².